The van der Waals surface area contributed by atoms with Gasteiger partial charge in [0, 0.05) is 0 Å². The number of ether oxygens (including phenoxy) is 1. The molecule has 19 heavy (non-hydrogen) atoms. The van der Waals surface area contributed by atoms with Crippen molar-refractivity contribution in [3.8, 4) is 5.75 Å². The quantitative estimate of drug-likeness (QED) is 0.653. The van der Waals surface area contributed by atoms with Crippen molar-refractivity contribution in [1.29, 1.82) is 0 Å². The van der Waals surface area contributed by atoms with Gasteiger partial charge in [0.25, 0.3) is 0 Å². The Kier molecular flexibility index (Phi) is 4.20. The normalized spacial score (nSPS) is 12.2. The average molecular weight is 256 g/mol. The molecular weight excluding hydrogens is 236 g/mol. The highest BCUT2D eigenvalue weighted by molar-refractivity contribution is 5.40. The first-order valence-electron chi connectivity index (χ1n) is 6.33. The van der Waals surface area contributed by atoms with Crippen molar-refractivity contribution in [2.75, 3.05) is 7.11 Å². The summed E-state index contributed by atoms with van der Waals surface area (Å²) in [6.07, 6.45) is 0. The van der Waals surface area contributed by atoms with E-state index in [1.807, 2.05) is 24.3 Å². The fourth-order valence-electron chi connectivity index (χ4n) is 2.31. The molecular formula is C16H20N2O. The molecule has 0 spiro atoms. The Morgan fingerprint density at radius 1 is 1.05 bits per heavy atom. The first-order chi connectivity index (χ1) is 9.15. The van der Waals surface area contributed by atoms with Gasteiger partial charge in [-0.25, -0.2) is 5.43 Å². The minimum absolute atomic E-state index is 0.00786. The van der Waals surface area contributed by atoms with Crippen molar-refractivity contribution in [3.63, 3.8) is 0 Å². The van der Waals surface area contributed by atoms with Gasteiger partial charge in [0.2, 0.25) is 0 Å². The third-order valence-corrected chi connectivity index (χ3v) is 3.35. The Morgan fingerprint density at radius 3 is 2.26 bits per heavy atom. The molecule has 3 nitrogen and oxygen atoms in total. The SMILES string of the molecule is COc1ccc(C(NN)c2ccc(C)cc2C)cc1. The number of benzene rings is 2. The highest BCUT2D eigenvalue weighted by atomic mass is 16.5. The molecule has 1 atom stereocenters. The number of hydrazine groups is 1. The third kappa shape index (κ3) is 2.95. The minimum Gasteiger partial charge on any atom is -0.497 e. The van der Waals surface area contributed by atoms with Crippen LogP contribution in [0.5, 0.6) is 5.75 Å². The van der Waals surface area contributed by atoms with Gasteiger partial charge in [-0.1, -0.05) is 35.9 Å². The second-order valence-electron chi connectivity index (χ2n) is 4.73. The zero-order valence-electron chi connectivity index (χ0n) is 11.6. The highest BCUT2D eigenvalue weighted by Crippen LogP contribution is 2.26. The first kappa shape index (κ1) is 13.6. The van der Waals surface area contributed by atoms with Crippen molar-refractivity contribution in [2.24, 2.45) is 5.84 Å². The number of hydrogen-bond acceptors (Lipinski definition) is 3. The molecule has 0 heterocycles. The van der Waals surface area contributed by atoms with Gasteiger partial charge in [-0.2, -0.15) is 0 Å². The van der Waals surface area contributed by atoms with Gasteiger partial charge < -0.3 is 4.74 Å². The number of nitrogens with two attached hydrogens (primary N) is 1. The van der Waals surface area contributed by atoms with Crippen LogP contribution in [0, 0.1) is 13.8 Å². The summed E-state index contributed by atoms with van der Waals surface area (Å²) in [4.78, 5) is 0. The van der Waals surface area contributed by atoms with Crippen LogP contribution in [0.1, 0.15) is 28.3 Å². The summed E-state index contributed by atoms with van der Waals surface area (Å²) in [5.74, 6) is 6.58. The molecule has 0 bridgehead atoms. The van der Waals surface area contributed by atoms with Crippen LogP contribution in [0.4, 0.5) is 0 Å². The predicted octanol–water partition coefficient (Wildman–Crippen LogP) is 2.86. The molecule has 0 amide bonds. The molecule has 3 N–H and O–H groups in total. The number of aryl methyl sites for hydroxylation is 2. The van der Waals surface area contributed by atoms with E-state index in [0.717, 1.165) is 11.3 Å². The molecule has 1 unspecified atom stereocenters. The maximum atomic E-state index is 5.73. The van der Waals surface area contributed by atoms with Crippen LogP contribution < -0.4 is 16.0 Å². The predicted molar refractivity (Wildman–Crippen MR) is 78.1 cm³/mol. The molecule has 2 aromatic carbocycles. The van der Waals surface area contributed by atoms with Gasteiger partial charge in [0.1, 0.15) is 5.75 Å². The number of rotatable bonds is 4. The van der Waals surface area contributed by atoms with Gasteiger partial charge in [-0.05, 0) is 42.7 Å². The monoisotopic (exact) mass is 256 g/mol. The van der Waals surface area contributed by atoms with E-state index >= 15 is 0 Å². The van der Waals surface area contributed by atoms with Gasteiger partial charge >= 0.3 is 0 Å². The van der Waals surface area contributed by atoms with E-state index in [1.54, 1.807) is 7.11 Å². The van der Waals surface area contributed by atoms with Crippen LogP contribution in [0.2, 0.25) is 0 Å². The lowest BCUT2D eigenvalue weighted by Crippen LogP contribution is -2.29. The molecule has 0 aliphatic carbocycles. The van der Waals surface area contributed by atoms with Crippen molar-refractivity contribution < 1.29 is 4.74 Å². The molecule has 0 radical (unpaired) electrons. The molecule has 100 valence electrons. The fraction of sp³-hybridized carbons (Fsp3) is 0.250. The zero-order chi connectivity index (χ0) is 13.8. The Bertz CT molecular complexity index is 549. The lowest BCUT2D eigenvalue weighted by molar-refractivity contribution is 0.414. The van der Waals surface area contributed by atoms with E-state index < -0.39 is 0 Å². The van der Waals surface area contributed by atoms with Crippen LogP contribution >= 0.6 is 0 Å². The van der Waals surface area contributed by atoms with Crippen molar-refractivity contribution in [3.05, 3.63) is 64.7 Å². The average Bonchev–Trinajstić information content (AvgIpc) is 2.42. The zero-order valence-corrected chi connectivity index (χ0v) is 11.6. The van der Waals surface area contributed by atoms with Crippen LogP contribution in [0.25, 0.3) is 0 Å². The Hall–Kier alpha value is -1.84. The Labute approximate surface area is 114 Å². The summed E-state index contributed by atoms with van der Waals surface area (Å²) in [5, 5.41) is 0. The summed E-state index contributed by atoms with van der Waals surface area (Å²) in [5.41, 5.74) is 7.70. The number of methoxy groups -OCH3 is 1. The lowest BCUT2D eigenvalue weighted by Gasteiger charge is -2.19. The number of nitrogens with one attached hydrogen (secondary N) is 1. The smallest absolute Gasteiger partial charge is 0.118 e. The van der Waals surface area contributed by atoms with Crippen molar-refractivity contribution in [2.45, 2.75) is 19.9 Å². The van der Waals surface area contributed by atoms with Gasteiger partial charge in [0.05, 0.1) is 13.2 Å². The molecule has 0 saturated heterocycles. The van der Waals surface area contributed by atoms with Crippen LogP contribution in [-0.2, 0) is 0 Å². The van der Waals surface area contributed by atoms with E-state index in [2.05, 4.69) is 37.5 Å². The van der Waals surface area contributed by atoms with Gasteiger partial charge in [0.15, 0.2) is 0 Å². The van der Waals surface area contributed by atoms with Crippen molar-refractivity contribution in [1.82, 2.24) is 5.43 Å². The minimum atomic E-state index is -0.00786. The van der Waals surface area contributed by atoms with E-state index in [1.165, 1.54) is 16.7 Å². The molecule has 0 aromatic heterocycles. The van der Waals surface area contributed by atoms with Crippen LogP contribution in [0.3, 0.4) is 0 Å². The third-order valence-electron chi connectivity index (χ3n) is 3.35. The molecule has 3 heteroatoms. The van der Waals surface area contributed by atoms with Gasteiger partial charge in [-0.3, -0.25) is 5.84 Å². The second kappa shape index (κ2) is 5.87. The lowest BCUT2D eigenvalue weighted by atomic mass is 9.94. The van der Waals surface area contributed by atoms with Crippen LogP contribution in [0.15, 0.2) is 42.5 Å². The molecule has 0 fully saturated rings. The Morgan fingerprint density at radius 2 is 1.74 bits per heavy atom. The maximum absolute atomic E-state index is 5.73. The molecule has 2 aromatic rings. The summed E-state index contributed by atoms with van der Waals surface area (Å²) < 4.78 is 5.18. The van der Waals surface area contributed by atoms with Crippen molar-refractivity contribution >= 4 is 0 Å². The van der Waals surface area contributed by atoms with E-state index in [4.69, 9.17) is 10.6 Å². The second-order valence-corrected chi connectivity index (χ2v) is 4.73. The first-order valence-corrected chi connectivity index (χ1v) is 6.33. The van der Waals surface area contributed by atoms with E-state index in [-0.39, 0.29) is 6.04 Å². The van der Waals surface area contributed by atoms with Gasteiger partial charge in [-0.15, -0.1) is 0 Å². The van der Waals surface area contributed by atoms with Crippen LogP contribution in [-0.4, -0.2) is 7.11 Å². The highest BCUT2D eigenvalue weighted by Gasteiger charge is 2.14. The molecule has 0 aliphatic rings. The number of hydrogen-bond donors (Lipinski definition) is 2. The molecule has 0 aliphatic heterocycles. The summed E-state index contributed by atoms with van der Waals surface area (Å²) in [6.45, 7) is 4.20. The topological polar surface area (TPSA) is 47.3 Å². The fourth-order valence-corrected chi connectivity index (χ4v) is 2.31. The summed E-state index contributed by atoms with van der Waals surface area (Å²) in [6, 6.07) is 14.3. The van der Waals surface area contributed by atoms with E-state index in [0.29, 0.717) is 0 Å². The van der Waals surface area contributed by atoms with E-state index in [9.17, 15) is 0 Å². The molecule has 2 rings (SSSR count). The summed E-state index contributed by atoms with van der Waals surface area (Å²) in [7, 11) is 1.66. The maximum Gasteiger partial charge on any atom is 0.118 e. The Balaban J connectivity index is 2.37. The molecule has 0 saturated carbocycles. The standard InChI is InChI=1S/C16H20N2O/c1-11-4-9-15(12(2)10-11)16(18-17)13-5-7-14(19-3)8-6-13/h4-10,16,18H,17H2,1-3H3. The summed E-state index contributed by atoms with van der Waals surface area (Å²) >= 11 is 0. The largest absolute Gasteiger partial charge is 0.497 e.